The highest BCUT2D eigenvalue weighted by atomic mass is 35.5. The molecule has 41 heavy (non-hydrogen) atoms. The van der Waals surface area contributed by atoms with Gasteiger partial charge >= 0.3 is 0 Å². The summed E-state index contributed by atoms with van der Waals surface area (Å²) in [4.78, 5) is 28.4. The standard InChI is InChI=1S/C29H31Cl4N3O4S/c1-5-19(3)34-29(38)20(4)35(16-21-8-9-22(30)14-26(21)32)28(37)17-36(23-10-13-25(31)27(33)15-23)41(39,40)24-11-6-18(2)7-12-24/h6-15,19-20H,5,16-17H2,1-4H3,(H,34,38)/t19-,20+/m1/s1. The zero-order chi connectivity index (χ0) is 30.5. The van der Waals surface area contributed by atoms with Crippen LogP contribution in [-0.4, -0.2) is 43.8 Å². The average molecular weight is 659 g/mol. The molecule has 12 heteroatoms. The lowest BCUT2D eigenvalue weighted by atomic mass is 10.1. The van der Waals surface area contributed by atoms with E-state index in [9.17, 15) is 18.0 Å². The molecular formula is C29H31Cl4N3O4S. The van der Waals surface area contributed by atoms with Crippen molar-refractivity contribution in [3.8, 4) is 0 Å². The molecule has 0 aliphatic rings. The van der Waals surface area contributed by atoms with E-state index < -0.39 is 28.5 Å². The molecule has 0 bridgehead atoms. The van der Waals surface area contributed by atoms with Crippen LogP contribution in [0.4, 0.5) is 5.69 Å². The number of amides is 2. The number of nitrogens with one attached hydrogen (secondary N) is 1. The minimum Gasteiger partial charge on any atom is -0.352 e. The fourth-order valence-electron chi connectivity index (χ4n) is 3.89. The molecule has 0 aliphatic carbocycles. The van der Waals surface area contributed by atoms with Gasteiger partial charge in [-0.15, -0.1) is 0 Å². The largest absolute Gasteiger partial charge is 0.352 e. The van der Waals surface area contributed by atoms with Crippen molar-refractivity contribution in [3.63, 3.8) is 0 Å². The van der Waals surface area contributed by atoms with Crippen LogP contribution in [0.2, 0.25) is 20.1 Å². The summed E-state index contributed by atoms with van der Waals surface area (Å²) in [5, 5.41) is 3.94. The Labute approximate surface area is 261 Å². The van der Waals surface area contributed by atoms with E-state index in [4.69, 9.17) is 46.4 Å². The highest BCUT2D eigenvalue weighted by molar-refractivity contribution is 7.92. The maximum Gasteiger partial charge on any atom is 0.264 e. The molecule has 0 saturated carbocycles. The molecule has 0 fully saturated rings. The molecule has 220 valence electrons. The predicted molar refractivity (Wildman–Crippen MR) is 167 cm³/mol. The van der Waals surface area contributed by atoms with E-state index in [1.807, 2.05) is 20.8 Å². The second-order valence-electron chi connectivity index (χ2n) is 9.67. The number of rotatable bonds is 11. The topological polar surface area (TPSA) is 86.8 Å². The summed E-state index contributed by atoms with van der Waals surface area (Å²) in [6.45, 7) is 6.51. The van der Waals surface area contributed by atoms with Gasteiger partial charge in [0.1, 0.15) is 12.6 Å². The third-order valence-corrected chi connectivity index (χ3v) is 9.72. The number of hydrogen-bond acceptors (Lipinski definition) is 4. The third-order valence-electron chi connectivity index (χ3n) is 6.60. The lowest BCUT2D eigenvalue weighted by Crippen LogP contribution is -2.52. The maximum atomic E-state index is 14.0. The number of nitrogens with zero attached hydrogens (tertiary/aromatic N) is 2. The fourth-order valence-corrected chi connectivity index (χ4v) is 6.05. The molecule has 3 aromatic carbocycles. The molecule has 7 nitrogen and oxygen atoms in total. The van der Waals surface area contributed by atoms with E-state index >= 15 is 0 Å². The number of sulfonamides is 1. The van der Waals surface area contributed by atoms with Crippen molar-refractivity contribution < 1.29 is 18.0 Å². The monoisotopic (exact) mass is 657 g/mol. The lowest BCUT2D eigenvalue weighted by Gasteiger charge is -2.32. The second kappa shape index (κ2) is 14.1. The van der Waals surface area contributed by atoms with Gasteiger partial charge in [-0.2, -0.15) is 0 Å². The summed E-state index contributed by atoms with van der Waals surface area (Å²) in [5.41, 5.74) is 1.54. The first-order chi connectivity index (χ1) is 19.2. The first-order valence-electron chi connectivity index (χ1n) is 12.8. The number of anilines is 1. The Balaban J connectivity index is 2.07. The quantitative estimate of drug-likeness (QED) is 0.237. The number of hydrogen-bond donors (Lipinski definition) is 1. The molecule has 0 aromatic heterocycles. The lowest BCUT2D eigenvalue weighted by molar-refractivity contribution is -0.139. The third kappa shape index (κ3) is 8.30. The van der Waals surface area contributed by atoms with Crippen molar-refractivity contribution >= 4 is 73.9 Å². The van der Waals surface area contributed by atoms with Gasteiger partial charge < -0.3 is 10.2 Å². The van der Waals surface area contributed by atoms with Crippen LogP contribution in [0.1, 0.15) is 38.3 Å². The van der Waals surface area contributed by atoms with Crippen LogP contribution >= 0.6 is 46.4 Å². The molecule has 0 radical (unpaired) electrons. The zero-order valence-electron chi connectivity index (χ0n) is 23.0. The molecular weight excluding hydrogens is 628 g/mol. The van der Waals surface area contributed by atoms with Gasteiger partial charge in [0, 0.05) is 22.6 Å². The van der Waals surface area contributed by atoms with Gasteiger partial charge in [-0.1, -0.05) is 77.1 Å². The first kappa shape index (κ1) is 33.0. The van der Waals surface area contributed by atoms with Crippen molar-refractivity contribution in [1.82, 2.24) is 10.2 Å². The van der Waals surface area contributed by atoms with Gasteiger partial charge in [0.05, 0.1) is 20.6 Å². The minimum atomic E-state index is -4.24. The number of carbonyl (C=O) groups excluding carboxylic acids is 2. The highest BCUT2D eigenvalue weighted by Crippen LogP contribution is 2.31. The van der Waals surface area contributed by atoms with Crippen LogP contribution < -0.4 is 9.62 Å². The smallest absolute Gasteiger partial charge is 0.264 e. The predicted octanol–water partition coefficient (Wildman–Crippen LogP) is 7.14. The molecule has 0 spiro atoms. The first-order valence-corrected chi connectivity index (χ1v) is 15.8. The Bertz CT molecular complexity index is 1520. The van der Waals surface area contributed by atoms with Gasteiger partial charge in [-0.25, -0.2) is 8.42 Å². The molecule has 1 N–H and O–H groups in total. The van der Waals surface area contributed by atoms with Crippen LogP contribution in [0.3, 0.4) is 0 Å². The van der Waals surface area contributed by atoms with E-state index in [0.29, 0.717) is 22.0 Å². The van der Waals surface area contributed by atoms with Crippen molar-refractivity contribution in [2.24, 2.45) is 0 Å². The van der Waals surface area contributed by atoms with Crippen LogP contribution in [0.5, 0.6) is 0 Å². The molecule has 0 heterocycles. The Kier molecular flexibility index (Phi) is 11.4. The van der Waals surface area contributed by atoms with Gasteiger partial charge in [-0.3, -0.25) is 13.9 Å². The molecule has 3 aromatic rings. The SMILES string of the molecule is CC[C@@H](C)NC(=O)[C@H](C)N(Cc1ccc(Cl)cc1Cl)C(=O)CN(c1ccc(Cl)c(Cl)c1)S(=O)(=O)c1ccc(C)cc1. The van der Waals surface area contributed by atoms with E-state index in [1.165, 1.54) is 41.3 Å². The van der Waals surface area contributed by atoms with Gasteiger partial charge in [-0.05, 0) is 75.2 Å². The maximum absolute atomic E-state index is 14.0. The number of benzene rings is 3. The van der Waals surface area contributed by atoms with E-state index in [0.717, 1.165) is 9.87 Å². The second-order valence-corrected chi connectivity index (χ2v) is 13.2. The number of carbonyl (C=O) groups is 2. The van der Waals surface area contributed by atoms with Gasteiger partial charge in [0.15, 0.2) is 0 Å². The summed E-state index contributed by atoms with van der Waals surface area (Å²) >= 11 is 24.8. The van der Waals surface area contributed by atoms with Crippen LogP contribution in [-0.2, 0) is 26.2 Å². The number of halogens is 4. The Morgan fingerprint density at radius 1 is 0.878 bits per heavy atom. The van der Waals surface area contributed by atoms with E-state index in [-0.39, 0.29) is 39.1 Å². The molecule has 0 aliphatic heterocycles. The van der Waals surface area contributed by atoms with Crippen molar-refractivity contribution in [3.05, 3.63) is 91.9 Å². The van der Waals surface area contributed by atoms with E-state index in [2.05, 4.69) is 5.32 Å². The summed E-state index contributed by atoms with van der Waals surface area (Å²) in [7, 11) is -4.24. The van der Waals surface area contributed by atoms with Gasteiger partial charge in [0.25, 0.3) is 10.0 Å². The summed E-state index contributed by atoms with van der Waals surface area (Å²) in [5.74, 6) is -1.02. The Morgan fingerprint density at radius 3 is 2.12 bits per heavy atom. The normalized spacial score (nSPS) is 12.9. The van der Waals surface area contributed by atoms with Crippen LogP contribution in [0.15, 0.2) is 65.6 Å². The molecule has 2 amide bonds. The minimum absolute atomic E-state index is 0.0168. The van der Waals surface area contributed by atoms with Crippen molar-refractivity contribution in [2.45, 2.75) is 57.6 Å². The van der Waals surface area contributed by atoms with Crippen LogP contribution in [0.25, 0.3) is 0 Å². The van der Waals surface area contributed by atoms with Gasteiger partial charge in [0.2, 0.25) is 11.8 Å². The van der Waals surface area contributed by atoms with Crippen LogP contribution in [0, 0.1) is 6.92 Å². The Morgan fingerprint density at radius 2 is 1.54 bits per heavy atom. The summed E-state index contributed by atoms with van der Waals surface area (Å²) in [6.07, 6.45) is 0.690. The molecule has 0 saturated heterocycles. The molecule has 0 unspecified atom stereocenters. The van der Waals surface area contributed by atoms with Crippen molar-refractivity contribution in [1.29, 1.82) is 0 Å². The van der Waals surface area contributed by atoms with E-state index in [1.54, 1.807) is 31.2 Å². The molecule has 2 atom stereocenters. The average Bonchev–Trinajstić information content (AvgIpc) is 2.92. The molecule has 3 rings (SSSR count). The summed E-state index contributed by atoms with van der Waals surface area (Å²) in [6, 6.07) is 14.3. The Hall–Kier alpha value is -2.49. The fraction of sp³-hybridized carbons (Fsp3) is 0.310. The summed E-state index contributed by atoms with van der Waals surface area (Å²) < 4.78 is 28.8. The number of aryl methyl sites for hydroxylation is 1. The highest BCUT2D eigenvalue weighted by Gasteiger charge is 2.33. The zero-order valence-corrected chi connectivity index (χ0v) is 26.8. The van der Waals surface area contributed by atoms with Crippen molar-refractivity contribution in [2.75, 3.05) is 10.8 Å².